The first-order valence-corrected chi connectivity index (χ1v) is 15.7. The summed E-state index contributed by atoms with van der Waals surface area (Å²) in [5.41, 5.74) is 1.50. The first-order valence-electron chi connectivity index (χ1n) is 13.5. The molecule has 0 radical (unpaired) electrons. The number of halogens is 1. The molecule has 0 atom stereocenters. The molecular weight excluding hydrogens is 563 g/mol. The lowest BCUT2D eigenvalue weighted by atomic mass is 10.2. The molecule has 1 aromatic heterocycles. The summed E-state index contributed by atoms with van der Waals surface area (Å²) in [4.78, 5) is 18.5. The summed E-state index contributed by atoms with van der Waals surface area (Å²) in [6.45, 7) is 4.95. The minimum atomic E-state index is -3.71. The Balaban J connectivity index is 1.67. The maximum Gasteiger partial charge on any atom is 0.280 e. The highest BCUT2D eigenvalue weighted by Crippen LogP contribution is 2.32. The number of hydrazone groups is 1. The van der Waals surface area contributed by atoms with E-state index >= 15 is 0 Å². The van der Waals surface area contributed by atoms with Crippen molar-refractivity contribution in [3.63, 3.8) is 0 Å². The highest BCUT2D eigenvalue weighted by atomic mass is 32.2. The quantitative estimate of drug-likeness (QED) is 0.126. The standard InChI is InChI=1S/C30H33FN4O4S2/c1-4-6-18-34(19-7-5-2)41(37,38)26-15-10-23(11-16-26)29(36)35(32-21-22-8-12-24(31)13-9-22)30-33-27-17-14-25(39-3)20-28(27)40-30/h8-17,20-21H,4-7,18-19H2,1-3H3/b32-21+. The van der Waals surface area contributed by atoms with E-state index in [1.54, 1.807) is 31.4 Å². The number of carbonyl (C=O) groups excluding carboxylic acids is 1. The molecule has 0 N–H and O–H groups in total. The molecule has 0 saturated heterocycles. The van der Waals surface area contributed by atoms with Crippen LogP contribution in [0.2, 0.25) is 0 Å². The normalized spacial score (nSPS) is 11.9. The second kappa shape index (κ2) is 13.8. The predicted molar refractivity (Wildman–Crippen MR) is 162 cm³/mol. The third kappa shape index (κ3) is 7.35. The smallest absolute Gasteiger partial charge is 0.280 e. The van der Waals surface area contributed by atoms with Gasteiger partial charge < -0.3 is 4.74 Å². The molecule has 4 rings (SSSR count). The summed E-state index contributed by atoms with van der Waals surface area (Å²) in [5, 5.41) is 5.89. The number of rotatable bonds is 13. The van der Waals surface area contributed by atoms with Crippen molar-refractivity contribution in [3.8, 4) is 5.75 Å². The molecule has 0 aliphatic rings. The molecule has 3 aromatic carbocycles. The zero-order valence-corrected chi connectivity index (χ0v) is 24.9. The maximum absolute atomic E-state index is 13.7. The SMILES string of the molecule is CCCCN(CCCC)S(=O)(=O)c1ccc(C(=O)N(/N=C/c2ccc(F)cc2)c2nc3ccc(OC)cc3s2)cc1. The number of amides is 1. The van der Waals surface area contributed by atoms with E-state index in [2.05, 4.69) is 10.1 Å². The third-order valence-corrected chi connectivity index (χ3v) is 9.32. The Morgan fingerprint density at radius 2 is 1.66 bits per heavy atom. The van der Waals surface area contributed by atoms with Gasteiger partial charge in [0.05, 0.1) is 28.4 Å². The van der Waals surface area contributed by atoms with Crippen LogP contribution in [0.15, 0.2) is 76.7 Å². The Hall–Kier alpha value is -3.67. The van der Waals surface area contributed by atoms with Crippen molar-refractivity contribution in [2.45, 2.75) is 44.4 Å². The minimum Gasteiger partial charge on any atom is -0.497 e. The summed E-state index contributed by atoms with van der Waals surface area (Å²) in [5.74, 6) is -0.218. The number of aromatic nitrogens is 1. The van der Waals surface area contributed by atoms with E-state index in [1.165, 1.54) is 63.3 Å². The predicted octanol–water partition coefficient (Wildman–Crippen LogP) is 6.72. The van der Waals surface area contributed by atoms with Gasteiger partial charge in [0.15, 0.2) is 0 Å². The van der Waals surface area contributed by atoms with E-state index in [1.807, 2.05) is 19.9 Å². The van der Waals surface area contributed by atoms with E-state index in [-0.39, 0.29) is 16.3 Å². The lowest BCUT2D eigenvalue weighted by molar-refractivity contribution is 0.0987. The molecule has 8 nitrogen and oxygen atoms in total. The second-order valence-corrected chi connectivity index (χ2v) is 12.3. The molecule has 11 heteroatoms. The Morgan fingerprint density at radius 1 is 1.00 bits per heavy atom. The van der Waals surface area contributed by atoms with Crippen molar-refractivity contribution in [2.24, 2.45) is 5.10 Å². The number of unbranched alkanes of at least 4 members (excludes halogenated alkanes) is 2. The lowest BCUT2D eigenvalue weighted by Gasteiger charge is -2.22. The zero-order chi connectivity index (χ0) is 29.4. The Kier molecular flexibility index (Phi) is 10.2. The van der Waals surface area contributed by atoms with E-state index in [0.29, 0.717) is 35.1 Å². The van der Waals surface area contributed by atoms with Crippen molar-refractivity contribution >= 4 is 48.8 Å². The van der Waals surface area contributed by atoms with E-state index < -0.39 is 15.9 Å². The number of thiazole rings is 1. The van der Waals surface area contributed by atoms with Gasteiger partial charge in [0.2, 0.25) is 15.2 Å². The summed E-state index contributed by atoms with van der Waals surface area (Å²) >= 11 is 1.26. The van der Waals surface area contributed by atoms with Crippen LogP contribution in [0.4, 0.5) is 9.52 Å². The van der Waals surface area contributed by atoms with Crippen LogP contribution in [0.3, 0.4) is 0 Å². The third-order valence-electron chi connectivity index (χ3n) is 6.41. The number of anilines is 1. The molecule has 1 amide bonds. The van der Waals surface area contributed by atoms with E-state index in [0.717, 1.165) is 30.4 Å². The average Bonchev–Trinajstić information content (AvgIpc) is 3.41. The van der Waals surface area contributed by atoms with Gasteiger partial charge in [-0.05, 0) is 73.0 Å². The van der Waals surface area contributed by atoms with Gasteiger partial charge in [-0.2, -0.15) is 14.4 Å². The molecule has 0 fully saturated rings. The van der Waals surface area contributed by atoms with Crippen LogP contribution in [0, 0.1) is 5.82 Å². The van der Waals surface area contributed by atoms with Crippen LogP contribution < -0.4 is 9.75 Å². The number of hydrogen-bond acceptors (Lipinski definition) is 7. The van der Waals surface area contributed by atoms with Crippen LogP contribution >= 0.6 is 11.3 Å². The summed E-state index contributed by atoms with van der Waals surface area (Å²) in [6, 6.07) is 17.0. The molecule has 0 unspecified atom stereocenters. The largest absolute Gasteiger partial charge is 0.497 e. The number of sulfonamides is 1. The second-order valence-electron chi connectivity index (χ2n) is 9.38. The van der Waals surface area contributed by atoms with Crippen LogP contribution in [0.25, 0.3) is 10.2 Å². The molecule has 0 aliphatic heterocycles. The molecule has 4 aromatic rings. The molecule has 41 heavy (non-hydrogen) atoms. The highest BCUT2D eigenvalue weighted by molar-refractivity contribution is 7.89. The molecule has 0 bridgehead atoms. The fraction of sp³-hybridized carbons (Fsp3) is 0.300. The van der Waals surface area contributed by atoms with Gasteiger partial charge in [0.1, 0.15) is 11.6 Å². The van der Waals surface area contributed by atoms with Gasteiger partial charge in [-0.15, -0.1) is 0 Å². The monoisotopic (exact) mass is 596 g/mol. The highest BCUT2D eigenvalue weighted by Gasteiger charge is 2.26. The van der Waals surface area contributed by atoms with Gasteiger partial charge in [0.25, 0.3) is 5.91 Å². The van der Waals surface area contributed by atoms with Gasteiger partial charge in [0, 0.05) is 18.7 Å². The van der Waals surface area contributed by atoms with Gasteiger partial charge in [-0.3, -0.25) is 4.79 Å². The van der Waals surface area contributed by atoms with Crippen LogP contribution in [0.5, 0.6) is 5.75 Å². The molecule has 216 valence electrons. The summed E-state index contributed by atoms with van der Waals surface area (Å²) in [7, 11) is -2.14. The molecule has 0 saturated carbocycles. The molecule has 0 aliphatic carbocycles. The average molecular weight is 597 g/mol. The van der Waals surface area contributed by atoms with Crippen molar-refractivity contribution in [3.05, 3.63) is 83.7 Å². The number of fused-ring (bicyclic) bond motifs is 1. The first-order chi connectivity index (χ1) is 19.8. The van der Waals surface area contributed by atoms with Crippen LogP contribution in [-0.4, -0.2) is 50.0 Å². The summed E-state index contributed by atoms with van der Waals surface area (Å²) < 4.78 is 47.8. The lowest BCUT2D eigenvalue weighted by Crippen LogP contribution is -2.33. The number of benzene rings is 3. The molecule has 1 heterocycles. The number of carbonyl (C=O) groups is 1. The number of ether oxygens (including phenoxy) is 1. The topological polar surface area (TPSA) is 92.2 Å². The van der Waals surface area contributed by atoms with Crippen molar-refractivity contribution < 1.29 is 22.3 Å². The number of nitrogens with zero attached hydrogens (tertiary/aromatic N) is 4. The molecule has 0 spiro atoms. The minimum absolute atomic E-state index is 0.134. The number of methoxy groups -OCH3 is 1. The Bertz CT molecular complexity index is 1600. The Labute approximate surface area is 244 Å². The Morgan fingerprint density at radius 3 is 2.27 bits per heavy atom. The maximum atomic E-state index is 13.7. The first kappa shape index (κ1) is 30.3. The van der Waals surface area contributed by atoms with E-state index in [9.17, 15) is 17.6 Å². The van der Waals surface area contributed by atoms with Crippen molar-refractivity contribution in [2.75, 3.05) is 25.2 Å². The van der Waals surface area contributed by atoms with E-state index in [4.69, 9.17) is 4.74 Å². The zero-order valence-electron chi connectivity index (χ0n) is 23.3. The number of hydrogen-bond donors (Lipinski definition) is 0. The fourth-order valence-electron chi connectivity index (χ4n) is 4.03. The van der Waals surface area contributed by atoms with Gasteiger partial charge in [-0.25, -0.2) is 17.8 Å². The van der Waals surface area contributed by atoms with Crippen molar-refractivity contribution in [1.29, 1.82) is 0 Å². The summed E-state index contributed by atoms with van der Waals surface area (Å²) in [6.07, 6.45) is 4.77. The van der Waals surface area contributed by atoms with Gasteiger partial charge >= 0.3 is 0 Å². The van der Waals surface area contributed by atoms with Crippen LogP contribution in [-0.2, 0) is 10.0 Å². The molecular formula is C30H33FN4O4S2. The fourth-order valence-corrected chi connectivity index (χ4v) is 6.50. The van der Waals surface area contributed by atoms with Crippen LogP contribution in [0.1, 0.15) is 55.5 Å². The van der Waals surface area contributed by atoms with Crippen molar-refractivity contribution in [1.82, 2.24) is 9.29 Å². The van der Waals surface area contributed by atoms with Gasteiger partial charge in [-0.1, -0.05) is 50.2 Å².